The van der Waals surface area contributed by atoms with E-state index in [0.717, 1.165) is 18.4 Å². The van der Waals surface area contributed by atoms with Crippen LogP contribution in [0.15, 0.2) is 77.9 Å². The molecule has 39 heavy (non-hydrogen) atoms. The molecule has 2 aromatic carbocycles. The number of carbonyl (C=O) groups excluding carboxylic acids is 3. The quantitative estimate of drug-likeness (QED) is 0.440. The lowest BCUT2D eigenvalue weighted by Gasteiger charge is -2.40. The number of ketones is 1. The number of nitrogens with one attached hydrogen (secondary N) is 1. The van der Waals surface area contributed by atoms with E-state index in [9.17, 15) is 19.5 Å². The number of aliphatic hydroxyl groups is 1. The zero-order valence-electron chi connectivity index (χ0n) is 22.0. The smallest absolute Gasteiger partial charge is 0.252 e. The van der Waals surface area contributed by atoms with Gasteiger partial charge in [-0.15, -0.1) is 0 Å². The van der Waals surface area contributed by atoms with E-state index in [1.54, 1.807) is 24.4 Å². The topological polar surface area (TPSA) is 112 Å². The number of aryl methyl sites for hydroxylation is 1. The van der Waals surface area contributed by atoms with Crippen molar-refractivity contribution in [2.45, 2.75) is 45.1 Å². The third kappa shape index (κ3) is 5.38. The highest BCUT2D eigenvalue weighted by Gasteiger charge is 2.45. The standard InChI is InChI=1S/C31H32N4O4/c1-2-21-9-7-10-22(17-21)33-28(38)18-25-30(39)35(19-27(37)31(20-36)14-8-15-31)26-13-4-3-11-23(26)29(34-25)24-12-5-6-16-32-24/h3-7,9-13,16-17,25,36H,2,8,14-15,18-20H2,1H3,(H,33,38)/t25-/m0/s1. The Bertz CT molecular complexity index is 1410. The lowest BCUT2D eigenvalue weighted by molar-refractivity contribution is -0.136. The largest absolute Gasteiger partial charge is 0.395 e. The van der Waals surface area contributed by atoms with Gasteiger partial charge in [0.25, 0.3) is 5.91 Å². The van der Waals surface area contributed by atoms with Gasteiger partial charge in [-0.3, -0.25) is 24.4 Å². The van der Waals surface area contributed by atoms with Gasteiger partial charge in [0.1, 0.15) is 6.04 Å². The fraction of sp³-hybridized carbons (Fsp3) is 0.323. The van der Waals surface area contributed by atoms with Gasteiger partial charge in [0.05, 0.1) is 42.1 Å². The van der Waals surface area contributed by atoms with Crippen LogP contribution in [0.4, 0.5) is 11.4 Å². The van der Waals surface area contributed by atoms with Gasteiger partial charge in [-0.05, 0) is 55.2 Å². The Morgan fingerprint density at radius 3 is 2.56 bits per heavy atom. The number of Topliss-reactive ketones (excluding diaryl/α,β-unsaturated/α-hetero) is 1. The molecule has 8 heteroatoms. The molecule has 0 saturated heterocycles. The summed E-state index contributed by atoms with van der Waals surface area (Å²) in [6.45, 7) is 1.60. The third-order valence-corrected chi connectivity index (χ3v) is 7.70. The van der Waals surface area contributed by atoms with Crippen LogP contribution in [0.2, 0.25) is 0 Å². The summed E-state index contributed by atoms with van der Waals surface area (Å²) in [5.41, 5.74) is 3.17. The molecular formula is C31H32N4O4. The van der Waals surface area contributed by atoms with Gasteiger partial charge in [0.15, 0.2) is 5.78 Å². The molecule has 1 aliphatic carbocycles. The number of anilines is 2. The van der Waals surface area contributed by atoms with Gasteiger partial charge >= 0.3 is 0 Å². The number of amides is 2. The number of fused-ring (bicyclic) bond motifs is 1. The minimum atomic E-state index is -1.07. The van der Waals surface area contributed by atoms with Crippen LogP contribution >= 0.6 is 0 Å². The Kier molecular flexibility index (Phi) is 7.65. The summed E-state index contributed by atoms with van der Waals surface area (Å²) in [5, 5.41) is 12.9. The molecule has 1 aliphatic heterocycles. The van der Waals surface area contributed by atoms with Crippen molar-refractivity contribution in [3.63, 3.8) is 0 Å². The van der Waals surface area contributed by atoms with Gasteiger partial charge in [0.2, 0.25) is 5.91 Å². The van der Waals surface area contributed by atoms with Crippen molar-refractivity contribution in [1.29, 1.82) is 0 Å². The fourth-order valence-electron chi connectivity index (χ4n) is 5.19. The van der Waals surface area contributed by atoms with Crippen molar-refractivity contribution in [2.24, 2.45) is 10.4 Å². The summed E-state index contributed by atoms with van der Waals surface area (Å²) in [5.74, 6) is -0.972. The highest BCUT2D eigenvalue weighted by atomic mass is 16.3. The first-order valence-corrected chi connectivity index (χ1v) is 13.4. The maximum Gasteiger partial charge on any atom is 0.252 e. The number of aliphatic hydroxyl groups excluding tert-OH is 1. The molecule has 2 aliphatic rings. The number of hydrogen-bond acceptors (Lipinski definition) is 6. The molecule has 5 rings (SSSR count). The van der Waals surface area contributed by atoms with Crippen molar-refractivity contribution in [3.8, 4) is 0 Å². The maximum atomic E-state index is 14.0. The van der Waals surface area contributed by atoms with E-state index in [0.29, 0.717) is 41.2 Å². The lowest BCUT2D eigenvalue weighted by atomic mass is 9.66. The van der Waals surface area contributed by atoms with E-state index < -0.39 is 17.4 Å². The van der Waals surface area contributed by atoms with Crippen LogP contribution < -0.4 is 10.2 Å². The molecule has 1 saturated carbocycles. The molecule has 0 bridgehead atoms. The molecule has 200 valence electrons. The van der Waals surface area contributed by atoms with Crippen LogP contribution in [0.3, 0.4) is 0 Å². The molecule has 1 fully saturated rings. The minimum absolute atomic E-state index is 0.180. The van der Waals surface area contributed by atoms with Crippen molar-refractivity contribution in [1.82, 2.24) is 4.98 Å². The van der Waals surface area contributed by atoms with Gasteiger partial charge in [-0.1, -0.05) is 49.7 Å². The van der Waals surface area contributed by atoms with Gasteiger partial charge in [-0.25, -0.2) is 0 Å². The number of para-hydroxylation sites is 1. The molecule has 1 aromatic heterocycles. The zero-order chi connectivity index (χ0) is 27.4. The molecule has 2 N–H and O–H groups in total. The average molecular weight is 525 g/mol. The second-order valence-electron chi connectivity index (χ2n) is 10.2. The van der Waals surface area contributed by atoms with Crippen LogP contribution in [-0.4, -0.2) is 52.6 Å². The second-order valence-corrected chi connectivity index (χ2v) is 10.2. The predicted molar refractivity (Wildman–Crippen MR) is 150 cm³/mol. The Hall–Kier alpha value is -4.17. The van der Waals surface area contributed by atoms with Crippen LogP contribution in [0.5, 0.6) is 0 Å². The SMILES string of the molecule is CCc1cccc(NC(=O)C[C@@H]2N=C(c3ccccn3)c3ccccc3N(CC(=O)C3(CO)CCC3)C2=O)c1. The van der Waals surface area contributed by atoms with Crippen LogP contribution in [-0.2, 0) is 20.8 Å². The summed E-state index contributed by atoms with van der Waals surface area (Å²) < 4.78 is 0. The van der Waals surface area contributed by atoms with Crippen molar-refractivity contribution < 1.29 is 19.5 Å². The van der Waals surface area contributed by atoms with E-state index >= 15 is 0 Å². The molecule has 3 aromatic rings. The molecule has 0 radical (unpaired) electrons. The first kappa shape index (κ1) is 26.4. The first-order valence-electron chi connectivity index (χ1n) is 13.4. The summed E-state index contributed by atoms with van der Waals surface area (Å²) in [7, 11) is 0. The van der Waals surface area contributed by atoms with Crippen molar-refractivity contribution >= 4 is 34.7 Å². The van der Waals surface area contributed by atoms with Crippen LogP contribution in [0, 0.1) is 5.41 Å². The molecule has 0 unspecified atom stereocenters. The Labute approximate surface area is 227 Å². The summed E-state index contributed by atoms with van der Waals surface area (Å²) >= 11 is 0. The van der Waals surface area contributed by atoms with E-state index in [1.807, 2.05) is 55.5 Å². The summed E-state index contributed by atoms with van der Waals surface area (Å²) in [6.07, 6.45) is 4.35. The lowest BCUT2D eigenvalue weighted by Crippen LogP contribution is -2.50. The molecule has 1 atom stereocenters. The average Bonchev–Trinajstić information content (AvgIpc) is 3.04. The van der Waals surface area contributed by atoms with Crippen LogP contribution in [0.25, 0.3) is 0 Å². The minimum Gasteiger partial charge on any atom is -0.395 e. The normalized spacial score (nSPS) is 17.9. The van der Waals surface area contributed by atoms with E-state index in [4.69, 9.17) is 4.99 Å². The highest BCUT2D eigenvalue weighted by molar-refractivity contribution is 6.20. The monoisotopic (exact) mass is 524 g/mol. The number of benzene rings is 2. The molecular weight excluding hydrogens is 492 g/mol. The summed E-state index contributed by atoms with van der Waals surface area (Å²) in [6, 6.07) is 19.2. The summed E-state index contributed by atoms with van der Waals surface area (Å²) in [4.78, 5) is 51.3. The molecule has 2 heterocycles. The second kappa shape index (κ2) is 11.3. The van der Waals surface area contributed by atoms with Crippen molar-refractivity contribution in [2.75, 3.05) is 23.4 Å². The van der Waals surface area contributed by atoms with E-state index in [2.05, 4.69) is 10.3 Å². The highest BCUT2D eigenvalue weighted by Crippen LogP contribution is 2.42. The number of rotatable bonds is 9. The van der Waals surface area contributed by atoms with Gasteiger partial charge in [-0.2, -0.15) is 0 Å². The van der Waals surface area contributed by atoms with Gasteiger partial charge < -0.3 is 15.3 Å². The number of pyridine rings is 1. The number of aliphatic imine (C=N–C) groups is 1. The van der Waals surface area contributed by atoms with E-state index in [1.165, 1.54) is 4.90 Å². The number of aromatic nitrogens is 1. The third-order valence-electron chi connectivity index (χ3n) is 7.70. The van der Waals surface area contributed by atoms with Gasteiger partial charge in [0, 0.05) is 17.4 Å². The number of carbonyl (C=O) groups is 3. The predicted octanol–water partition coefficient (Wildman–Crippen LogP) is 3.96. The number of benzodiazepines with no additional fused rings is 1. The van der Waals surface area contributed by atoms with Crippen molar-refractivity contribution in [3.05, 3.63) is 89.7 Å². The zero-order valence-corrected chi connectivity index (χ0v) is 22.0. The Balaban J connectivity index is 1.51. The number of nitrogens with zero attached hydrogens (tertiary/aromatic N) is 3. The molecule has 8 nitrogen and oxygen atoms in total. The Morgan fingerprint density at radius 1 is 1.08 bits per heavy atom. The van der Waals surface area contributed by atoms with E-state index in [-0.39, 0.29) is 31.3 Å². The van der Waals surface area contributed by atoms with Crippen LogP contribution in [0.1, 0.15) is 49.4 Å². The fourth-order valence-corrected chi connectivity index (χ4v) is 5.19. The molecule has 0 spiro atoms. The molecule has 2 amide bonds. The Morgan fingerprint density at radius 2 is 1.87 bits per heavy atom. The first-order chi connectivity index (χ1) is 18.9. The number of hydrogen-bond donors (Lipinski definition) is 2. The maximum absolute atomic E-state index is 14.0.